The summed E-state index contributed by atoms with van der Waals surface area (Å²) in [6.07, 6.45) is 0.899. The van der Waals surface area contributed by atoms with Crippen LogP contribution in [0.25, 0.3) is 0 Å². The molecule has 0 radical (unpaired) electrons. The van der Waals surface area contributed by atoms with E-state index in [0.717, 1.165) is 11.1 Å². The summed E-state index contributed by atoms with van der Waals surface area (Å²) in [5.74, 6) is -1.27. The van der Waals surface area contributed by atoms with E-state index in [1.165, 1.54) is 4.31 Å². The highest BCUT2D eigenvalue weighted by Gasteiger charge is 2.39. The third-order valence-electron chi connectivity index (χ3n) is 7.27. The number of nitrogens with one attached hydrogen (secondary N) is 2. The first kappa shape index (κ1) is 28.9. The molecule has 1 fully saturated rings. The van der Waals surface area contributed by atoms with Crippen LogP contribution in [0, 0.1) is 13.8 Å². The predicted octanol–water partition coefficient (Wildman–Crippen LogP) is 5.58. The molecule has 0 aliphatic carbocycles. The second-order valence-corrected chi connectivity index (χ2v) is 12.2. The topological polar surface area (TPSA) is 113 Å². The molecule has 5 rings (SSSR count). The van der Waals surface area contributed by atoms with E-state index < -0.39 is 27.9 Å². The van der Waals surface area contributed by atoms with Gasteiger partial charge in [0, 0.05) is 17.7 Å². The van der Waals surface area contributed by atoms with E-state index in [0.29, 0.717) is 29.7 Å². The molecular formula is C33H31N3O5S. The Bertz CT molecular complexity index is 1750. The van der Waals surface area contributed by atoms with Crippen molar-refractivity contribution in [1.82, 2.24) is 4.31 Å². The molecule has 42 heavy (non-hydrogen) atoms. The van der Waals surface area contributed by atoms with Gasteiger partial charge in [0.1, 0.15) is 6.04 Å². The zero-order chi connectivity index (χ0) is 29.9. The number of carbonyl (C=O) groups is 3. The summed E-state index contributed by atoms with van der Waals surface area (Å²) < 4.78 is 27.9. The second kappa shape index (κ2) is 12.1. The number of amides is 2. The number of rotatable bonds is 8. The van der Waals surface area contributed by atoms with Crippen molar-refractivity contribution in [2.75, 3.05) is 17.2 Å². The maximum absolute atomic E-state index is 13.5. The standard InChI is InChI=1S/C33H31N3O5S/c1-22-14-17-25(18-15-22)42(40,41)36-20-8-13-30(36)33(39)35-28-12-7-6-11-26(28)32(38)34-29-19-16-23(2)21-27(29)31(37)24-9-4-3-5-10-24/h3-7,9-12,14-19,21,30H,8,13,20H2,1-2H3,(H,34,38)(H,35,39). The summed E-state index contributed by atoms with van der Waals surface area (Å²) in [5.41, 5.74) is 3.39. The van der Waals surface area contributed by atoms with Crippen LogP contribution in [-0.2, 0) is 14.8 Å². The first-order valence-corrected chi connectivity index (χ1v) is 15.1. The van der Waals surface area contributed by atoms with Crippen LogP contribution in [0.2, 0.25) is 0 Å². The Morgan fingerprint density at radius 3 is 2.12 bits per heavy atom. The number of hydrogen-bond donors (Lipinski definition) is 2. The van der Waals surface area contributed by atoms with E-state index in [1.807, 2.05) is 19.9 Å². The Kier molecular flexibility index (Phi) is 8.33. The molecule has 1 heterocycles. The number of anilines is 2. The first-order valence-electron chi connectivity index (χ1n) is 13.7. The molecule has 4 aromatic carbocycles. The van der Waals surface area contributed by atoms with Crippen molar-refractivity contribution >= 4 is 39.0 Å². The van der Waals surface area contributed by atoms with Gasteiger partial charge in [-0.1, -0.05) is 71.8 Å². The number of para-hydroxylation sites is 1. The fourth-order valence-electron chi connectivity index (χ4n) is 5.03. The van der Waals surface area contributed by atoms with Gasteiger partial charge in [0.05, 0.1) is 21.8 Å². The summed E-state index contributed by atoms with van der Waals surface area (Å²) >= 11 is 0. The maximum atomic E-state index is 13.5. The van der Waals surface area contributed by atoms with E-state index >= 15 is 0 Å². The van der Waals surface area contributed by atoms with Gasteiger partial charge in [0.25, 0.3) is 5.91 Å². The highest BCUT2D eigenvalue weighted by molar-refractivity contribution is 7.89. The monoisotopic (exact) mass is 581 g/mol. The van der Waals surface area contributed by atoms with Crippen LogP contribution in [0.3, 0.4) is 0 Å². The van der Waals surface area contributed by atoms with Crippen molar-refractivity contribution in [2.45, 2.75) is 37.6 Å². The van der Waals surface area contributed by atoms with Crippen molar-refractivity contribution in [2.24, 2.45) is 0 Å². The molecule has 0 aromatic heterocycles. The van der Waals surface area contributed by atoms with Gasteiger partial charge in [0.15, 0.2) is 5.78 Å². The Morgan fingerprint density at radius 1 is 0.738 bits per heavy atom. The lowest BCUT2D eigenvalue weighted by molar-refractivity contribution is -0.119. The summed E-state index contributed by atoms with van der Waals surface area (Å²) in [6, 6.07) is 26.1. The molecule has 0 spiro atoms. The van der Waals surface area contributed by atoms with Crippen molar-refractivity contribution < 1.29 is 22.8 Å². The van der Waals surface area contributed by atoms with Gasteiger partial charge in [-0.3, -0.25) is 14.4 Å². The maximum Gasteiger partial charge on any atom is 0.257 e. The Balaban J connectivity index is 1.37. The first-order chi connectivity index (χ1) is 20.1. The number of benzene rings is 4. The minimum Gasteiger partial charge on any atom is -0.324 e. The molecular weight excluding hydrogens is 550 g/mol. The SMILES string of the molecule is Cc1ccc(S(=O)(=O)N2CCCC2C(=O)Nc2ccccc2C(=O)Nc2ccc(C)cc2C(=O)c2ccccc2)cc1. The summed E-state index contributed by atoms with van der Waals surface area (Å²) in [7, 11) is -3.89. The van der Waals surface area contributed by atoms with Crippen molar-refractivity contribution in [1.29, 1.82) is 0 Å². The molecule has 0 bridgehead atoms. The van der Waals surface area contributed by atoms with Gasteiger partial charge in [-0.05, 0) is 63.1 Å². The minimum atomic E-state index is -3.89. The summed E-state index contributed by atoms with van der Waals surface area (Å²) in [4.78, 5) is 40.3. The van der Waals surface area contributed by atoms with Crippen LogP contribution in [0.5, 0.6) is 0 Å². The molecule has 9 heteroatoms. The number of carbonyl (C=O) groups excluding carboxylic acids is 3. The fraction of sp³-hybridized carbons (Fsp3) is 0.182. The highest BCUT2D eigenvalue weighted by atomic mass is 32.2. The highest BCUT2D eigenvalue weighted by Crippen LogP contribution is 2.28. The van der Waals surface area contributed by atoms with Crippen molar-refractivity contribution in [3.8, 4) is 0 Å². The lowest BCUT2D eigenvalue weighted by atomic mass is 9.99. The van der Waals surface area contributed by atoms with E-state index in [-0.39, 0.29) is 28.5 Å². The average Bonchev–Trinajstić information content (AvgIpc) is 3.50. The van der Waals surface area contributed by atoms with Crippen molar-refractivity contribution in [3.05, 3.63) is 125 Å². The number of ketones is 1. The minimum absolute atomic E-state index is 0.131. The summed E-state index contributed by atoms with van der Waals surface area (Å²) in [6.45, 7) is 3.96. The van der Waals surface area contributed by atoms with Gasteiger partial charge < -0.3 is 10.6 Å². The molecule has 214 valence electrons. The molecule has 1 unspecified atom stereocenters. The Hall–Kier alpha value is -4.60. The van der Waals surface area contributed by atoms with E-state index in [9.17, 15) is 22.8 Å². The molecule has 1 aliphatic rings. The Morgan fingerprint density at radius 2 is 1.38 bits per heavy atom. The average molecular weight is 582 g/mol. The van der Waals surface area contributed by atoms with Crippen molar-refractivity contribution in [3.63, 3.8) is 0 Å². The van der Waals surface area contributed by atoms with Gasteiger partial charge in [0.2, 0.25) is 15.9 Å². The van der Waals surface area contributed by atoms with E-state index in [4.69, 9.17) is 0 Å². The largest absolute Gasteiger partial charge is 0.324 e. The predicted molar refractivity (Wildman–Crippen MR) is 162 cm³/mol. The lowest BCUT2D eigenvalue weighted by Crippen LogP contribution is -2.43. The van der Waals surface area contributed by atoms with Crippen LogP contribution in [0.15, 0.2) is 102 Å². The number of nitrogens with zero attached hydrogens (tertiary/aromatic N) is 1. The second-order valence-electron chi connectivity index (χ2n) is 10.3. The van der Waals surface area contributed by atoms with Crippen LogP contribution in [-0.4, -0.2) is 42.9 Å². The zero-order valence-corrected chi connectivity index (χ0v) is 24.1. The molecule has 1 aliphatic heterocycles. The molecule has 2 N–H and O–H groups in total. The normalized spacial score (nSPS) is 15.2. The fourth-order valence-corrected chi connectivity index (χ4v) is 6.69. The Labute approximate surface area is 245 Å². The van der Waals surface area contributed by atoms with Crippen LogP contribution >= 0.6 is 0 Å². The number of sulfonamides is 1. The quantitative estimate of drug-likeness (QED) is 0.264. The molecule has 0 saturated carbocycles. The van der Waals surface area contributed by atoms with Crippen LogP contribution in [0.1, 0.15) is 50.2 Å². The third-order valence-corrected chi connectivity index (χ3v) is 9.19. The van der Waals surface area contributed by atoms with Gasteiger partial charge in [-0.15, -0.1) is 0 Å². The molecule has 4 aromatic rings. The molecule has 1 saturated heterocycles. The zero-order valence-electron chi connectivity index (χ0n) is 23.3. The van der Waals surface area contributed by atoms with Crippen LogP contribution in [0.4, 0.5) is 11.4 Å². The van der Waals surface area contributed by atoms with Gasteiger partial charge >= 0.3 is 0 Å². The van der Waals surface area contributed by atoms with E-state index in [1.54, 1.807) is 91.0 Å². The van der Waals surface area contributed by atoms with Gasteiger partial charge in [-0.2, -0.15) is 4.31 Å². The molecule has 8 nitrogen and oxygen atoms in total. The smallest absolute Gasteiger partial charge is 0.257 e. The third kappa shape index (κ3) is 6.02. The lowest BCUT2D eigenvalue weighted by Gasteiger charge is -2.24. The molecule has 1 atom stereocenters. The molecule has 2 amide bonds. The van der Waals surface area contributed by atoms with E-state index in [2.05, 4.69) is 10.6 Å². The number of hydrogen-bond acceptors (Lipinski definition) is 5. The number of aryl methyl sites for hydroxylation is 2. The van der Waals surface area contributed by atoms with Crippen LogP contribution < -0.4 is 10.6 Å². The van der Waals surface area contributed by atoms with Gasteiger partial charge in [-0.25, -0.2) is 8.42 Å². The summed E-state index contributed by atoms with van der Waals surface area (Å²) in [5, 5.41) is 5.61.